The lowest BCUT2D eigenvalue weighted by atomic mass is 10.00. The number of hydrogen-bond donors (Lipinski definition) is 1. The molecule has 0 aliphatic carbocycles. The van der Waals surface area contributed by atoms with Gasteiger partial charge in [0.2, 0.25) is 11.8 Å². The Hall–Kier alpha value is -2.15. The molecule has 1 amide bonds. The van der Waals surface area contributed by atoms with E-state index in [1.54, 1.807) is 6.07 Å². The van der Waals surface area contributed by atoms with Crippen molar-refractivity contribution in [2.45, 2.75) is 26.7 Å². The number of hydrogen-bond acceptors (Lipinski definition) is 5. The van der Waals surface area contributed by atoms with E-state index in [1.807, 2.05) is 31.2 Å². The molecule has 1 saturated heterocycles. The smallest absolute Gasteiger partial charge is 0.262 e. The molecule has 0 atom stereocenters. The Bertz CT molecular complexity index is 776. The lowest BCUT2D eigenvalue weighted by Gasteiger charge is -2.30. The number of nitrogens with one attached hydrogen (secondary N) is 1. The number of ether oxygens (including phenoxy) is 1. The monoisotopic (exact) mass is 418 g/mol. The molecule has 1 aliphatic heterocycles. The number of aryl methyl sites for hydroxylation is 1. The first-order chi connectivity index (χ1) is 12.5. The number of carbonyl (C=O) groups excluding carboxylic acids is 1. The molecule has 0 bridgehead atoms. The van der Waals surface area contributed by atoms with Crippen LogP contribution in [0.25, 0.3) is 0 Å². The summed E-state index contributed by atoms with van der Waals surface area (Å²) in [7, 11) is 0. The van der Waals surface area contributed by atoms with Crippen molar-refractivity contribution < 1.29 is 9.53 Å². The molecule has 3 rings (SSSR count). The molecule has 26 heavy (non-hydrogen) atoms. The summed E-state index contributed by atoms with van der Waals surface area (Å²) in [6.45, 7) is 5.99. The summed E-state index contributed by atoms with van der Waals surface area (Å²) in [5, 5.41) is 2.80. The van der Waals surface area contributed by atoms with Crippen molar-refractivity contribution >= 4 is 33.5 Å². The fourth-order valence-electron chi connectivity index (χ4n) is 2.85. The molecule has 1 N–H and O–H groups in total. The molecular weight excluding hydrogens is 396 g/mol. The molecule has 1 aliphatic rings. The lowest BCUT2D eigenvalue weighted by Crippen LogP contribution is -2.34. The first-order valence-corrected chi connectivity index (χ1v) is 9.58. The highest BCUT2D eigenvalue weighted by Gasteiger charge is 2.19. The van der Waals surface area contributed by atoms with Gasteiger partial charge in [-0.1, -0.05) is 28.9 Å². The van der Waals surface area contributed by atoms with Crippen LogP contribution in [0.2, 0.25) is 0 Å². The van der Waals surface area contributed by atoms with E-state index < -0.39 is 0 Å². The van der Waals surface area contributed by atoms with Gasteiger partial charge < -0.3 is 15.0 Å². The molecule has 0 saturated carbocycles. The fraction of sp³-hybridized carbons (Fsp3) is 0.421. The predicted molar refractivity (Wildman–Crippen MR) is 106 cm³/mol. The minimum Gasteiger partial charge on any atom is -0.467 e. The topological polar surface area (TPSA) is 67.3 Å². The van der Waals surface area contributed by atoms with Crippen LogP contribution in [0.4, 0.5) is 11.6 Å². The molecule has 6 nitrogen and oxygen atoms in total. The Labute approximate surface area is 162 Å². The van der Waals surface area contributed by atoms with E-state index in [9.17, 15) is 4.79 Å². The van der Waals surface area contributed by atoms with Crippen molar-refractivity contribution in [2.75, 3.05) is 29.9 Å². The zero-order valence-electron chi connectivity index (χ0n) is 15.0. The maximum Gasteiger partial charge on any atom is 0.262 e. The van der Waals surface area contributed by atoms with Crippen LogP contribution in [0.5, 0.6) is 5.88 Å². The van der Waals surface area contributed by atoms with Crippen molar-refractivity contribution in [1.82, 2.24) is 9.97 Å². The Morgan fingerprint density at radius 3 is 2.81 bits per heavy atom. The molecule has 1 fully saturated rings. The maximum atomic E-state index is 12.1. The summed E-state index contributed by atoms with van der Waals surface area (Å²) in [5.41, 5.74) is 1.55. The summed E-state index contributed by atoms with van der Waals surface area (Å²) < 4.78 is 6.51. The van der Waals surface area contributed by atoms with Crippen molar-refractivity contribution in [3.63, 3.8) is 0 Å². The summed E-state index contributed by atoms with van der Waals surface area (Å²) in [4.78, 5) is 23.3. The van der Waals surface area contributed by atoms with E-state index in [4.69, 9.17) is 4.74 Å². The Balaban J connectivity index is 1.60. The number of halogens is 1. The molecule has 1 aromatic carbocycles. The summed E-state index contributed by atoms with van der Waals surface area (Å²) >= 11 is 3.38. The third-order valence-corrected chi connectivity index (χ3v) is 4.84. The minimum absolute atomic E-state index is 0.0978. The van der Waals surface area contributed by atoms with E-state index in [1.165, 1.54) is 0 Å². The van der Waals surface area contributed by atoms with Gasteiger partial charge in [0, 0.05) is 35.0 Å². The van der Waals surface area contributed by atoms with Crippen molar-refractivity contribution in [1.29, 1.82) is 0 Å². The fourth-order valence-corrected chi connectivity index (χ4v) is 3.25. The standard InChI is InChI=1S/C19H23BrN4O2/c1-13-6-8-24(9-7-13)19-21-14(2)10-18(23-19)26-12-17(25)22-16-5-3-4-15(20)11-16/h3-5,10-11,13H,6-9,12H2,1-2H3,(H,22,25). The van der Waals surface area contributed by atoms with Crippen LogP contribution in [0.15, 0.2) is 34.8 Å². The first-order valence-electron chi connectivity index (χ1n) is 8.78. The summed E-state index contributed by atoms with van der Waals surface area (Å²) in [6.07, 6.45) is 2.28. The number of piperidine rings is 1. The molecule has 2 heterocycles. The molecule has 1 aromatic heterocycles. The highest BCUT2D eigenvalue weighted by atomic mass is 79.9. The van der Waals surface area contributed by atoms with E-state index >= 15 is 0 Å². The SMILES string of the molecule is Cc1cc(OCC(=O)Nc2cccc(Br)c2)nc(N2CCC(C)CC2)n1. The van der Waals surface area contributed by atoms with Gasteiger partial charge in [-0.05, 0) is 43.9 Å². The average Bonchev–Trinajstić information content (AvgIpc) is 2.60. The van der Waals surface area contributed by atoms with Gasteiger partial charge in [0.1, 0.15) is 0 Å². The zero-order chi connectivity index (χ0) is 18.5. The molecule has 2 aromatic rings. The van der Waals surface area contributed by atoms with Crippen LogP contribution in [0.1, 0.15) is 25.5 Å². The van der Waals surface area contributed by atoms with Crippen molar-refractivity contribution in [2.24, 2.45) is 5.92 Å². The highest BCUT2D eigenvalue weighted by Crippen LogP contribution is 2.22. The van der Waals surface area contributed by atoms with Gasteiger partial charge in [-0.15, -0.1) is 0 Å². The van der Waals surface area contributed by atoms with Gasteiger partial charge in [-0.2, -0.15) is 4.98 Å². The lowest BCUT2D eigenvalue weighted by molar-refractivity contribution is -0.118. The predicted octanol–water partition coefficient (Wildman–Crippen LogP) is 3.80. The van der Waals surface area contributed by atoms with Crippen LogP contribution >= 0.6 is 15.9 Å². The number of benzene rings is 1. The number of carbonyl (C=O) groups is 1. The second-order valence-corrected chi connectivity index (χ2v) is 7.58. The third kappa shape index (κ3) is 5.17. The van der Waals surface area contributed by atoms with Gasteiger partial charge in [-0.25, -0.2) is 4.98 Å². The van der Waals surface area contributed by atoms with Crippen molar-refractivity contribution in [3.05, 3.63) is 40.5 Å². The van der Waals surface area contributed by atoms with Gasteiger partial charge in [-0.3, -0.25) is 4.79 Å². The average molecular weight is 419 g/mol. The Morgan fingerprint density at radius 2 is 2.08 bits per heavy atom. The molecule has 0 radical (unpaired) electrons. The van der Waals surface area contributed by atoms with Crippen molar-refractivity contribution in [3.8, 4) is 5.88 Å². The van der Waals surface area contributed by atoms with Crippen LogP contribution in [-0.4, -0.2) is 35.6 Å². The first kappa shape index (κ1) is 18.6. The Kier molecular flexibility index (Phi) is 6.08. The minimum atomic E-state index is -0.229. The van der Waals surface area contributed by atoms with Gasteiger partial charge in [0.05, 0.1) is 0 Å². The van der Waals surface area contributed by atoms with E-state index in [-0.39, 0.29) is 12.5 Å². The van der Waals surface area contributed by atoms with Gasteiger partial charge in [0.25, 0.3) is 5.91 Å². The van der Waals surface area contributed by atoms with Crippen LogP contribution in [0.3, 0.4) is 0 Å². The van der Waals surface area contributed by atoms with E-state index in [2.05, 4.69) is 43.0 Å². The third-order valence-electron chi connectivity index (χ3n) is 4.34. The van der Waals surface area contributed by atoms with E-state index in [0.717, 1.165) is 47.7 Å². The summed E-state index contributed by atoms with van der Waals surface area (Å²) in [5.74, 6) is 1.62. The molecular formula is C19H23BrN4O2. The molecule has 7 heteroatoms. The number of aromatic nitrogens is 2. The maximum absolute atomic E-state index is 12.1. The number of amides is 1. The van der Waals surface area contributed by atoms with Crippen LogP contribution in [-0.2, 0) is 4.79 Å². The normalized spacial score (nSPS) is 15.0. The van der Waals surface area contributed by atoms with Gasteiger partial charge >= 0.3 is 0 Å². The largest absolute Gasteiger partial charge is 0.467 e. The second kappa shape index (κ2) is 8.49. The molecule has 138 valence electrons. The zero-order valence-corrected chi connectivity index (χ0v) is 16.6. The van der Waals surface area contributed by atoms with Crippen LogP contribution in [0, 0.1) is 12.8 Å². The quantitative estimate of drug-likeness (QED) is 0.799. The number of rotatable bonds is 5. The molecule has 0 spiro atoms. The van der Waals surface area contributed by atoms with Crippen LogP contribution < -0.4 is 15.0 Å². The second-order valence-electron chi connectivity index (χ2n) is 6.66. The van der Waals surface area contributed by atoms with Gasteiger partial charge in [0.15, 0.2) is 6.61 Å². The molecule has 0 unspecified atom stereocenters. The number of nitrogens with zero attached hydrogens (tertiary/aromatic N) is 3. The highest BCUT2D eigenvalue weighted by molar-refractivity contribution is 9.10. The Morgan fingerprint density at radius 1 is 1.31 bits per heavy atom. The van der Waals surface area contributed by atoms with E-state index in [0.29, 0.717) is 11.8 Å². The summed E-state index contributed by atoms with van der Waals surface area (Å²) in [6, 6.07) is 9.18. The number of anilines is 2.